The Morgan fingerprint density at radius 2 is 1.97 bits per heavy atom. The standard InChI is InChI=1S/C23H29BrN6/c1-27-12-14-29(15-13-27)21-10-4-9-20-26-18(23(24)30(20)21)16-28(2)19-8-3-6-17-7-5-11-25-22(17)19/h4-5,7,9-11,19H,3,6,8,12-16H2,1-2H3. The van der Waals surface area contributed by atoms with E-state index < -0.39 is 0 Å². The van der Waals surface area contributed by atoms with Gasteiger partial charge in [-0.15, -0.1) is 0 Å². The minimum atomic E-state index is 0.351. The summed E-state index contributed by atoms with van der Waals surface area (Å²) in [6, 6.07) is 11.1. The van der Waals surface area contributed by atoms with Crippen LogP contribution in [-0.2, 0) is 13.0 Å². The second-order valence-corrected chi connectivity index (χ2v) is 9.34. The van der Waals surface area contributed by atoms with Crippen molar-refractivity contribution in [2.75, 3.05) is 45.2 Å². The average Bonchev–Trinajstić information content (AvgIpc) is 3.09. The number of aryl methyl sites for hydroxylation is 1. The lowest BCUT2D eigenvalue weighted by Crippen LogP contribution is -2.45. The minimum Gasteiger partial charge on any atom is -0.355 e. The normalized spacial score (nSPS) is 20.1. The number of imidazole rings is 1. The summed E-state index contributed by atoms with van der Waals surface area (Å²) in [6.45, 7) is 5.06. The molecule has 1 fully saturated rings. The van der Waals surface area contributed by atoms with Crippen molar-refractivity contribution in [3.63, 3.8) is 0 Å². The van der Waals surface area contributed by atoms with Gasteiger partial charge in [0.05, 0.1) is 17.4 Å². The van der Waals surface area contributed by atoms with Gasteiger partial charge < -0.3 is 9.80 Å². The molecule has 1 unspecified atom stereocenters. The van der Waals surface area contributed by atoms with E-state index in [4.69, 9.17) is 9.97 Å². The molecule has 6 nitrogen and oxygen atoms in total. The topological polar surface area (TPSA) is 39.9 Å². The number of hydrogen-bond acceptors (Lipinski definition) is 5. The molecular formula is C23H29BrN6. The van der Waals surface area contributed by atoms with Crippen LogP contribution in [0, 0.1) is 0 Å². The summed E-state index contributed by atoms with van der Waals surface area (Å²) in [5, 5.41) is 0. The monoisotopic (exact) mass is 468 g/mol. The van der Waals surface area contributed by atoms with Gasteiger partial charge in [0.1, 0.15) is 16.1 Å². The van der Waals surface area contributed by atoms with Crippen LogP contribution in [0.15, 0.2) is 41.1 Å². The molecule has 4 heterocycles. The fourth-order valence-corrected chi connectivity index (χ4v) is 5.41. The highest BCUT2D eigenvalue weighted by molar-refractivity contribution is 9.10. The number of anilines is 1. The molecule has 3 aromatic heterocycles. The molecule has 1 atom stereocenters. The number of pyridine rings is 2. The van der Waals surface area contributed by atoms with Gasteiger partial charge in [0.15, 0.2) is 0 Å². The third-order valence-corrected chi connectivity index (χ3v) is 7.37. The van der Waals surface area contributed by atoms with Crippen molar-refractivity contribution in [1.29, 1.82) is 0 Å². The minimum absolute atomic E-state index is 0.351. The van der Waals surface area contributed by atoms with Crippen molar-refractivity contribution in [1.82, 2.24) is 24.2 Å². The first-order valence-corrected chi connectivity index (χ1v) is 11.6. The Hall–Kier alpha value is -1.96. The lowest BCUT2D eigenvalue weighted by atomic mass is 9.91. The van der Waals surface area contributed by atoms with Gasteiger partial charge in [0.25, 0.3) is 0 Å². The van der Waals surface area contributed by atoms with Gasteiger partial charge in [0.2, 0.25) is 0 Å². The van der Waals surface area contributed by atoms with Crippen LogP contribution in [0.2, 0.25) is 0 Å². The maximum atomic E-state index is 4.99. The maximum absolute atomic E-state index is 4.99. The Labute approximate surface area is 186 Å². The number of hydrogen-bond donors (Lipinski definition) is 0. The first-order valence-electron chi connectivity index (χ1n) is 10.8. The van der Waals surface area contributed by atoms with Gasteiger partial charge in [-0.25, -0.2) is 4.98 Å². The van der Waals surface area contributed by atoms with Crippen LogP contribution in [0.4, 0.5) is 5.82 Å². The van der Waals surface area contributed by atoms with E-state index in [2.05, 4.69) is 79.5 Å². The van der Waals surface area contributed by atoms with Crippen LogP contribution >= 0.6 is 15.9 Å². The molecule has 1 aliphatic heterocycles. The Morgan fingerprint density at radius 1 is 1.13 bits per heavy atom. The van der Waals surface area contributed by atoms with Crippen LogP contribution in [0.25, 0.3) is 5.65 Å². The summed E-state index contributed by atoms with van der Waals surface area (Å²) in [7, 11) is 4.39. The first kappa shape index (κ1) is 20.0. The molecule has 0 saturated carbocycles. The van der Waals surface area contributed by atoms with Gasteiger partial charge in [-0.2, -0.15) is 0 Å². The van der Waals surface area contributed by atoms with Crippen LogP contribution in [0.3, 0.4) is 0 Å². The third kappa shape index (κ3) is 3.63. The van der Waals surface area contributed by atoms with E-state index in [1.165, 1.54) is 23.5 Å². The van der Waals surface area contributed by atoms with Crippen molar-refractivity contribution in [3.8, 4) is 0 Å². The molecule has 0 amide bonds. The van der Waals surface area contributed by atoms with E-state index in [9.17, 15) is 0 Å². The van der Waals surface area contributed by atoms with E-state index in [1.54, 1.807) is 0 Å². The summed E-state index contributed by atoms with van der Waals surface area (Å²) in [5.74, 6) is 1.22. The molecule has 3 aromatic rings. The smallest absolute Gasteiger partial charge is 0.139 e. The van der Waals surface area contributed by atoms with Crippen LogP contribution < -0.4 is 4.90 Å². The molecule has 0 N–H and O–H groups in total. The number of rotatable bonds is 4. The van der Waals surface area contributed by atoms with Gasteiger partial charge in [-0.05, 0) is 73.1 Å². The van der Waals surface area contributed by atoms with Crippen LogP contribution in [0.1, 0.15) is 35.8 Å². The third-order valence-electron chi connectivity index (χ3n) is 6.56. The predicted molar refractivity (Wildman–Crippen MR) is 124 cm³/mol. The van der Waals surface area contributed by atoms with Gasteiger partial charge in [-0.3, -0.25) is 14.3 Å². The average molecular weight is 469 g/mol. The number of aromatic nitrogens is 3. The van der Waals surface area contributed by atoms with Crippen molar-refractivity contribution in [2.24, 2.45) is 0 Å². The Balaban J connectivity index is 1.43. The molecule has 0 spiro atoms. The fraction of sp³-hybridized carbons (Fsp3) is 0.478. The highest BCUT2D eigenvalue weighted by Gasteiger charge is 2.27. The van der Waals surface area contributed by atoms with Crippen molar-refractivity contribution in [2.45, 2.75) is 31.8 Å². The highest BCUT2D eigenvalue weighted by Crippen LogP contribution is 2.34. The quantitative estimate of drug-likeness (QED) is 0.582. The second kappa shape index (κ2) is 8.29. The largest absolute Gasteiger partial charge is 0.355 e. The van der Waals surface area contributed by atoms with E-state index in [-0.39, 0.29) is 0 Å². The van der Waals surface area contributed by atoms with Gasteiger partial charge in [0, 0.05) is 38.9 Å². The molecule has 1 saturated heterocycles. The fourth-order valence-electron chi connectivity index (χ4n) is 4.83. The molecule has 5 rings (SSSR count). The van der Waals surface area contributed by atoms with Crippen LogP contribution in [-0.4, -0.2) is 64.4 Å². The summed E-state index contributed by atoms with van der Waals surface area (Å²) in [6.07, 6.45) is 5.43. The Bertz CT molecular complexity index is 1040. The van der Waals surface area contributed by atoms with Crippen molar-refractivity contribution in [3.05, 3.63) is 58.1 Å². The van der Waals surface area contributed by atoms with Crippen molar-refractivity contribution >= 4 is 27.4 Å². The Kier molecular flexibility index (Phi) is 5.52. The van der Waals surface area contributed by atoms with Gasteiger partial charge in [-0.1, -0.05) is 12.1 Å². The summed E-state index contributed by atoms with van der Waals surface area (Å²) in [5.41, 5.74) is 4.72. The van der Waals surface area contributed by atoms with E-state index in [0.29, 0.717) is 6.04 Å². The lowest BCUT2D eigenvalue weighted by molar-refractivity contribution is 0.206. The van der Waals surface area contributed by atoms with E-state index in [1.807, 2.05) is 6.20 Å². The molecule has 0 aromatic carbocycles. The highest BCUT2D eigenvalue weighted by atomic mass is 79.9. The molecule has 30 heavy (non-hydrogen) atoms. The molecule has 2 aliphatic rings. The zero-order chi connectivity index (χ0) is 20.7. The lowest BCUT2D eigenvalue weighted by Gasteiger charge is -2.34. The number of fused-ring (bicyclic) bond motifs is 2. The molecular weight excluding hydrogens is 440 g/mol. The number of halogens is 1. The van der Waals surface area contributed by atoms with E-state index in [0.717, 1.165) is 61.5 Å². The molecule has 0 radical (unpaired) electrons. The molecule has 158 valence electrons. The maximum Gasteiger partial charge on any atom is 0.139 e. The molecule has 7 heteroatoms. The van der Waals surface area contributed by atoms with Crippen LogP contribution in [0.5, 0.6) is 0 Å². The first-order chi connectivity index (χ1) is 14.6. The Morgan fingerprint density at radius 3 is 2.80 bits per heavy atom. The predicted octanol–water partition coefficient (Wildman–Crippen LogP) is 3.75. The zero-order valence-corrected chi connectivity index (χ0v) is 19.3. The molecule has 1 aliphatic carbocycles. The summed E-state index contributed by atoms with van der Waals surface area (Å²) in [4.78, 5) is 17.0. The SMILES string of the molecule is CN1CCN(c2cccc3nc(CN(C)C4CCCc5cccnc54)c(Br)n23)CC1. The number of likely N-dealkylation sites (N-methyl/N-ethyl adjacent to an activating group) is 1. The molecule has 0 bridgehead atoms. The number of nitrogens with zero attached hydrogens (tertiary/aromatic N) is 6. The van der Waals surface area contributed by atoms with Gasteiger partial charge >= 0.3 is 0 Å². The summed E-state index contributed by atoms with van der Waals surface area (Å²) < 4.78 is 3.33. The number of piperazine rings is 1. The van der Waals surface area contributed by atoms with Crippen molar-refractivity contribution < 1.29 is 0 Å². The summed E-state index contributed by atoms with van der Waals surface area (Å²) >= 11 is 3.89. The second-order valence-electron chi connectivity index (χ2n) is 8.59. The zero-order valence-electron chi connectivity index (χ0n) is 17.8. The van der Waals surface area contributed by atoms with E-state index >= 15 is 0 Å².